The third-order valence-corrected chi connectivity index (χ3v) is 4.63. The molecule has 1 aliphatic rings. The highest BCUT2D eigenvalue weighted by molar-refractivity contribution is 6.31. The molecule has 1 saturated heterocycles. The van der Waals surface area contributed by atoms with Crippen LogP contribution in [0.3, 0.4) is 0 Å². The third kappa shape index (κ3) is 4.67. The molecule has 136 valence electrons. The summed E-state index contributed by atoms with van der Waals surface area (Å²) in [5.74, 6) is -1.30. The van der Waals surface area contributed by atoms with Gasteiger partial charge in [0.1, 0.15) is 5.56 Å². The lowest BCUT2D eigenvalue weighted by molar-refractivity contribution is -0.385. The van der Waals surface area contributed by atoms with Crippen LogP contribution in [-0.4, -0.2) is 63.9 Å². The van der Waals surface area contributed by atoms with E-state index in [-0.39, 0.29) is 28.9 Å². The largest absolute Gasteiger partial charge is 0.480 e. The van der Waals surface area contributed by atoms with Crippen LogP contribution in [0.15, 0.2) is 18.2 Å². The molecular formula is C16H20ClN3O5. The van der Waals surface area contributed by atoms with Crippen LogP contribution >= 0.6 is 11.6 Å². The van der Waals surface area contributed by atoms with Crippen molar-refractivity contribution in [3.63, 3.8) is 0 Å². The Hall–Kier alpha value is -2.19. The molecule has 0 aromatic heterocycles. The number of likely N-dealkylation sites (tertiary alicyclic amines) is 1. The molecule has 1 aliphatic heterocycles. The highest BCUT2D eigenvalue weighted by atomic mass is 35.5. The van der Waals surface area contributed by atoms with Crippen molar-refractivity contribution in [3.05, 3.63) is 38.9 Å². The molecule has 1 fully saturated rings. The number of benzene rings is 1. The maximum absolute atomic E-state index is 12.7. The molecule has 1 aromatic rings. The standard InChI is InChI=1S/C16H20ClN3O5/c1-2-18(10-15(21)22)12-5-7-19(8-6-12)16(23)13-9-11(17)3-4-14(13)20(24)25/h3-4,9,12H,2,5-8,10H2,1H3,(H,21,22). The van der Waals surface area contributed by atoms with Crippen molar-refractivity contribution >= 4 is 29.2 Å². The average molecular weight is 370 g/mol. The van der Waals surface area contributed by atoms with Crippen LogP contribution in [-0.2, 0) is 4.79 Å². The summed E-state index contributed by atoms with van der Waals surface area (Å²) in [5.41, 5.74) is -0.286. The van der Waals surface area contributed by atoms with Crippen LogP contribution in [0.1, 0.15) is 30.1 Å². The number of carboxylic acids is 1. The van der Waals surface area contributed by atoms with Crippen LogP contribution < -0.4 is 0 Å². The van der Waals surface area contributed by atoms with Gasteiger partial charge < -0.3 is 10.0 Å². The lowest BCUT2D eigenvalue weighted by Crippen LogP contribution is -2.48. The molecule has 0 unspecified atom stereocenters. The lowest BCUT2D eigenvalue weighted by Gasteiger charge is -2.37. The number of nitrogens with zero attached hydrogens (tertiary/aromatic N) is 3. The maximum atomic E-state index is 12.7. The minimum absolute atomic E-state index is 0.0196. The first kappa shape index (κ1) is 19.1. The van der Waals surface area contributed by atoms with Crippen molar-refractivity contribution < 1.29 is 19.6 Å². The quantitative estimate of drug-likeness (QED) is 0.609. The number of amides is 1. The number of carbonyl (C=O) groups excluding carboxylic acids is 1. The van der Waals surface area contributed by atoms with Crippen molar-refractivity contribution in [2.24, 2.45) is 0 Å². The van der Waals surface area contributed by atoms with Gasteiger partial charge in [-0.15, -0.1) is 0 Å². The number of piperidine rings is 1. The van der Waals surface area contributed by atoms with Crippen molar-refractivity contribution in [3.8, 4) is 0 Å². The Morgan fingerprint density at radius 3 is 2.56 bits per heavy atom. The SMILES string of the molecule is CCN(CC(=O)O)C1CCN(C(=O)c2cc(Cl)ccc2[N+](=O)[O-])CC1. The van der Waals surface area contributed by atoms with Gasteiger partial charge in [0.2, 0.25) is 0 Å². The first-order chi connectivity index (χ1) is 11.8. The molecule has 1 amide bonds. The number of likely N-dealkylation sites (N-methyl/N-ethyl adjacent to an activating group) is 1. The summed E-state index contributed by atoms with van der Waals surface area (Å²) < 4.78 is 0. The molecule has 0 radical (unpaired) electrons. The maximum Gasteiger partial charge on any atom is 0.317 e. The second-order valence-electron chi connectivity index (χ2n) is 5.90. The predicted octanol–water partition coefficient (Wildman–Crippen LogP) is 2.26. The molecule has 2 rings (SSSR count). The summed E-state index contributed by atoms with van der Waals surface area (Å²) >= 11 is 5.88. The molecule has 8 nitrogen and oxygen atoms in total. The van der Waals surface area contributed by atoms with Gasteiger partial charge >= 0.3 is 5.97 Å². The Labute approximate surface area is 150 Å². The number of carboxylic acid groups (broad SMARTS) is 1. The molecule has 9 heteroatoms. The number of carbonyl (C=O) groups is 2. The Morgan fingerprint density at radius 2 is 2.04 bits per heavy atom. The monoisotopic (exact) mass is 369 g/mol. The summed E-state index contributed by atoms with van der Waals surface area (Å²) in [6.45, 7) is 3.32. The van der Waals surface area contributed by atoms with Crippen LogP contribution in [0.5, 0.6) is 0 Å². The number of nitro benzene ring substituents is 1. The lowest BCUT2D eigenvalue weighted by atomic mass is 10.0. The van der Waals surface area contributed by atoms with Gasteiger partial charge in [0, 0.05) is 30.2 Å². The summed E-state index contributed by atoms with van der Waals surface area (Å²) in [5, 5.41) is 20.4. The van der Waals surface area contributed by atoms with E-state index in [0.717, 1.165) is 0 Å². The fourth-order valence-corrected chi connectivity index (χ4v) is 3.29. The van der Waals surface area contributed by atoms with Gasteiger partial charge in [0.25, 0.3) is 11.6 Å². The fraction of sp³-hybridized carbons (Fsp3) is 0.500. The van der Waals surface area contributed by atoms with Gasteiger partial charge in [0.05, 0.1) is 11.5 Å². The van der Waals surface area contributed by atoms with E-state index >= 15 is 0 Å². The van der Waals surface area contributed by atoms with E-state index in [2.05, 4.69) is 0 Å². The van der Waals surface area contributed by atoms with Crippen LogP contribution in [0.2, 0.25) is 5.02 Å². The summed E-state index contributed by atoms with van der Waals surface area (Å²) in [4.78, 5) is 37.5. The van der Waals surface area contributed by atoms with Crippen LogP contribution in [0, 0.1) is 10.1 Å². The summed E-state index contributed by atoms with van der Waals surface area (Å²) in [6, 6.07) is 4.01. The molecule has 0 bridgehead atoms. The predicted molar refractivity (Wildman–Crippen MR) is 91.9 cm³/mol. The van der Waals surface area contributed by atoms with Crippen LogP contribution in [0.25, 0.3) is 0 Å². The molecule has 1 heterocycles. The summed E-state index contributed by atoms with van der Waals surface area (Å²) in [7, 11) is 0. The normalized spacial score (nSPS) is 15.4. The van der Waals surface area contributed by atoms with E-state index in [9.17, 15) is 19.7 Å². The van der Waals surface area contributed by atoms with Gasteiger partial charge in [-0.25, -0.2) is 0 Å². The third-order valence-electron chi connectivity index (χ3n) is 4.40. The van der Waals surface area contributed by atoms with Gasteiger partial charge in [0.15, 0.2) is 0 Å². The minimum atomic E-state index is -0.880. The van der Waals surface area contributed by atoms with E-state index in [1.54, 1.807) is 4.90 Å². The summed E-state index contributed by atoms with van der Waals surface area (Å²) in [6.07, 6.45) is 1.25. The molecule has 25 heavy (non-hydrogen) atoms. The van der Waals surface area contributed by atoms with Gasteiger partial charge in [-0.1, -0.05) is 18.5 Å². The molecule has 1 aromatic carbocycles. The molecule has 0 spiro atoms. The Bertz CT molecular complexity index is 674. The van der Waals surface area contributed by atoms with Gasteiger partial charge in [-0.3, -0.25) is 24.6 Å². The molecular weight excluding hydrogens is 350 g/mol. The number of rotatable bonds is 6. The Kier molecular flexibility index (Phi) is 6.33. The van der Waals surface area contributed by atoms with Gasteiger partial charge in [-0.2, -0.15) is 0 Å². The Morgan fingerprint density at radius 1 is 1.40 bits per heavy atom. The molecule has 0 saturated carbocycles. The molecule has 0 atom stereocenters. The first-order valence-corrected chi connectivity index (χ1v) is 8.40. The van der Waals surface area contributed by atoms with Crippen LogP contribution in [0.4, 0.5) is 5.69 Å². The zero-order valence-corrected chi connectivity index (χ0v) is 14.6. The zero-order chi connectivity index (χ0) is 18.6. The Balaban J connectivity index is 2.08. The minimum Gasteiger partial charge on any atom is -0.480 e. The number of hydrogen-bond donors (Lipinski definition) is 1. The van der Waals surface area contributed by atoms with E-state index in [1.807, 2.05) is 11.8 Å². The number of hydrogen-bond acceptors (Lipinski definition) is 5. The van der Waals surface area contributed by atoms with E-state index < -0.39 is 16.8 Å². The fourth-order valence-electron chi connectivity index (χ4n) is 3.12. The van der Waals surface area contributed by atoms with Crippen molar-refractivity contribution in [1.82, 2.24) is 9.80 Å². The van der Waals surface area contributed by atoms with E-state index in [1.165, 1.54) is 18.2 Å². The van der Waals surface area contributed by atoms with Gasteiger partial charge in [-0.05, 0) is 31.5 Å². The average Bonchev–Trinajstić information content (AvgIpc) is 2.58. The second-order valence-corrected chi connectivity index (χ2v) is 6.34. The molecule has 0 aliphatic carbocycles. The zero-order valence-electron chi connectivity index (χ0n) is 13.9. The number of nitro groups is 1. The number of aliphatic carboxylic acids is 1. The first-order valence-electron chi connectivity index (χ1n) is 8.02. The second kappa shape index (κ2) is 8.26. The van der Waals surface area contributed by atoms with Crippen molar-refractivity contribution in [1.29, 1.82) is 0 Å². The van der Waals surface area contributed by atoms with E-state index in [4.69, 9.17) is 16.7 Å². The van der Waals surface area contributed by atoms with Crippen molar-refractivity contribution in [2.75, 3.05) is 26.2 Å². The smallest absolute Gasteiger partial charge is 0.317 e. The number of halogens is 1. The molecule has 1 N–H and O–H groups in total. The highest BCUT2D eigenvalue weighted by Crippen LogP contribution is 2.26. The van der Waals surface area contributed by atoms with E-state index in [0.29, 0.717) is 32.5 Å². The topological polar surface area (TPSA) is 104 Å². The highest BCUT2D eigenvalue weighted by Gasteiger charge is 2.30. The van der Waals surface area contributed by atoms with Crippen molar-refractivity contribution in [2.45, 2.75) is 25.8 Å².